The van der Waals surface area contributed by atoms with Crippen molar-refractivity contribution in [3.05, 3.63) is 34.9 Å². The van der Waals surface area contributed by atoms with Gasteiger partial charge in [0.25, 0.3) is 0 Å². The van der Waals surface area contributed by atoms with Gasteiger partial charge >= 0.3 is 0 Å². The number of hydrogen-bond acceptors (Lipinski definition) is 3. The van der Waals surface area contributed by atoms with Crippen LogP contribution in [0.25, 0.3) is 0 Å². The molecule has 1 aromatic rings. The van der Waals surface area contributed by atoms with Gasteiger partial charge in [-0.1, -0.05) is 23.7 Å². The third-order valence-electron chi connectivity index (χ3n) is 3.14. The molecule has 1 rings (SSSR count). The molecule has 0 aliphatic heterocycles. The molecular formula is C16H27ClN4O2S. The Hall–Kier alpha value is -1.31. The molecule has 0 saturated heterocycles. The highest BCUT2D eigenvalue weighted by Crippen LogP contribution is 2.17. The van der Waals surface area contributed by atoms with Gasteiger partial charge < -0.3 is 10.6 Å². The van der Waals surface area contributed by atoms with Gasteiger partial charge in [0.05, 0.1) is 18.8 Å². The number of benzene rings is 1. The molecule has 0 spiro atoms. The summed E-state index contributed by atoms with van der Waals surface area (Å²) in [6, 6.07) is 7.63. The van der Waals surface area contributed by atoms with E-state index in [1.54, 1.807) is 13.8 Å². The Morgan fingerprint density at radius 1 is 1.38 bits per heavy atom. The summed E-state index contributed by atoms with van der Waals surface area (Å²) in [5.41, 5.74) is 0.372. The predicted octanol–water partition coefficient (Wildman–Crippen LogP) is 2.28. The lowest BCUT2D eigenvalue weighted by molar-refractivity contribution is 0.464. The molecule has 136 valence electrons. The van der Waals surface area contributed by atoms with E-state index in [9.17, 15) is 8.42 Å². The van der Waals surface area contributed by atoms with Crippen molar-refractivity contribution in [2.75, 3.05) is 19.3 Å². The fourth-order valence-electron chi connectivity index (χ4n) is 2.20. The van der Waals surface area contributed by atoms with Crippen LogP contribution in [-0.2, 0) is 10.0 Å². The third-order valence-corrected chi connectivity index (χ3v) is 4.30. The van der Waals surface area contributed by atoms with Crippen LogP contribution in [0.4, 0.5) is 0 Å². The van der Waals surface area contributed by atoms with Crippen molar-refractivity contribution in [2.45, 2.75) is 39.3 Å². The van der Waals surface area contributed by atoms with Gasteiger partial charge in [-0.05, 0) is 45.4 Å². The highest BCUT2D eigenvalue weighted by atomic mass is 35.5. The molecule has 3 N–H and O–H groups in total. The van der Waals surface area contributed by atoms with E-state index in [1.165, 1.54) is 0 Å². The summed E-state index contributed by atoms with van der Waals surface area (Å²) in [6.45, 7) is 8.58. The van der Waals surface area contributed by atoms with Crippen molar-refractivity contribution >= 4 is 27.6 Å². The summed E-state index contributed by atoms with van der Waals surface area (Å²) in [5.74, 6) is 0.619. The number of aliphatic imine (C=N–C) groups is 1. The topological polar surface area (TPSA) is 82.6 Å². The summed E-state index contributed by atoms with van der Waals surface area (Å²) >= 11 is 6.03. The van der Waals surface area contributed by atoms with Gasteiger partial charge in [0.15, 0.2) is 5.96 Å². The lowest BCUT2D eigenvalue weighted by Crippen LogP contribution is -2.47. The van der Waals surface area contributed by atoms with E-state index < -0.39 is 15.6 Å². The number of halogens is 1. The predicted molar refractivity (Wildman–Crippen MR) is 101 cm³/mol. The van der Waals surface area contributed by atoms with Crippen molar-refractivity contribution in [2.24, 2.45) is 4.99 Å². The SMILES string of the molecule is CCNC(=NCC(C)(C)NS(C)(=O)=O)NC(C)c1cccc(Cl)c1. The lowest BCUT2D eigenvalue weighted by Gasteiger charge is -2.24. The van der Waals surface area contributed by atoms with Crippen LogP contribution in [0.5, 0.6) is 0 Å². The standard InChI is InChI=1S/C16H27ClN4O2S/c1-6-18-15(19-11-16(3,4)21-24(5,22)23)20-12(2)13-8-7-9-14(17)10-13/h7-10,12,21H,6,11H2,1-5H3,(H2,18,19,20). The Labute approximate surface area is 150 Å². The average Bonchev–Trinajstić information content (AvgIpc) is 2.42. The first kappa shape index (κ1) is 20.7. The second-order valence-electron chi connectivity index (χ2n) is 6.37. The highest BCUT2D eigenvalue weighted by Gasteiger charge is 2.22. The van der Waals surface area contributed by atoms with E-state index in [0.29, 0.717) is 24.1 Å². The Morgan fingerprint density at radius 2 is 2.04 bits per heavy atom. The van der Waals surface area contributed by atoms with Gasteiger partial charge in [-0.2, -0.15) is 0 Å². The molecule has 0 heterocycles. The second kappa shape index (κ2) is 8.69. The molecule has 6 nitrogen and oxygen atoms in total. The Kier molecular flexibility index (Phi) is 7.51. The van der Waals surface area contributed by atoms with Crippen LogP contribution in [-0.4, -0.2) is 39.3 Å². The number of sulfonamides is 1. The molecule has 1 atom stereocenters. The van der Waals surface area contributed by atoms with Crippen molar-refractivity contribution in [3.8, 4) is 0 Å². The van der Waals surface area contributed by atoms with Crippen LogP contribution >= 0.6 is 11.6 Å². The first-order chi connectivity index (χ1) is 11.0. The summed E-state index contributed by atoms with van der Waals surface area (Å²) < 4.78 is 25.4. The van der Waals surface area contributed by atoms with E-state index in [4.69, 9.17) is 11.6 Å². The Bertz CT molecular complexity index is 674. The Morgan fingerprint density at radius 3 is 2.58 bits per heavy atom. The molecule has 0 aliphatic rings. The van der Waals surface area contributed by atoms with Gasteiger partial charge in [0.2, 0.25) is 10.0 Å². The van der Waals surface area contributed by atoms with Crippen molar-refractivity contribution in [1.29, 1.82) is 0 Å². The molecule has 24 heavy (non-hydrogen) atoms. The summed E-state index contributed by atoms with van der Waals surface area (Å²) in [4.78, 5) is 4.49. The van der Waals surface area contributed by atoms with Crippen LogP contribution < -0.4 is 15.4 Å². The smallest absolute Gasteiger partial charge is 0.209 e. The maximum atomic E-state index is 11.4. The van der Waals surface area contributed by atoms with E-state index in [1.807, 2.05) is 38.1 Å². The average molecular weight is 375 g/mol. The molecule has 0 amide bonds. The van der Waals surface area contributed by atoms with E-state index in [2.05, 4.69) is 20.3 Å². The van der Waals surface area contributed by atoms with E-state index >= 15 is 0 Å². The molecule has 0 saturated carbocycles. The quantitative estimate of drug-likeness (QED) is 0.505. The van der Waals surface area contributed by atoms with Gasteiger partial charge in [0.1, 0.15) is 0 Å². The third kappa shape index (κ3) is 7.99. The van der Waals surface area contributed by atoms with Crippen molar-refractivity contribution in [1.82, 2.24) is 15.4 Å². The molecule has 1 aromatic carbocycles. The van der Waals surface area contributed by atoms with Gasteiger partial charge in [-0.15, -0.1) is 0 Å². The molecule has 8 heteroatoms. The summed E-state index contributed by atoms with van der Waals surface area (Å²) in [5, 5.41) is 7.14. The van der Waals surface area contributed by atoms with Crippen LogP contribution in [0.15, 0.2) is 29.3 Å². The monoisotopic (exact) mass is 374 g/mol. The molecule has 0 aromatic heterocycles. The molecule has 0 radical (unpaired) electrons. The molecule has 0 bridgehead atoms. The fourth-order valence-corrected chi connectivity index (χ4v) is 3.46. The summed E-state index contributed by atoms with van der Waals surface area (Å²) in [7, 11) is -3.29. The zero-order valence-electron chi connectivity index (χ0n) is 14.9. The Balaban J connectivity index is 2.82. The highest BCUT2D eigenvalue weighted by molar-refractivity contribution is 7.88. The van der Waals surface area contributed by atoms with Gasteiger partial charge in [0, 0.05) is 17.1 Å². The molecule has 0 aliphatic carbocycles. The summed E-state index contributed by atoms with van der Waals surface area (Å²) in [6.07, 6.45) is 1.14. The zero-order valence-corrected chi connectivity index (χ0v) is 16.4. The normalized spacial score (nSPS) is 14.3. The fraction of sp³-hybridized carbons (Fsp3) is 0.562. The number of hydrogen-bond donors (Lipinski definition) is 3. The van der Waals surface area contributed by atoms with Crippen LogP contribution in [0.3, 0.4) is 0 Å². The van der Waals surface area contributed by atoms with Crippen molar-refractivity contribution in [3.63, 3.8) is 0 Å². The minimum absolute atomic E-state index is 0.00693. The van der Waals surface area contributed by atoms with Crippen molar-refractivity contribution < 1.29 is 8.42 Å². The van der Waals surface area contributed by atoms with Gasteiger partial charge in [-0.25, -0.2) is 13.1 Å². The van der Waals surface area contributed by atoms with Crippen LogP contribution in [0, 0.1) is 0 Å². The van der Waals surface area contributed by atoms with Crippen LogP contribution in [0.2, 0.25) is 5.02 Å². The van der Waals surface area contributed by atoms with Crippen LogP contribution in [0.1, 0.15) is 39.3 Å². The maximum Gasteiger partial charge on any atom is 0.209 e. The number of rotatable bonds is 7. The number of nitrogens with one attached hydrogen (secondary N) is 3. The number of nitrogens with zero attached hydrogens (tertiary/aromatic N) is 1. The number of guanidine groups is 1. The minimum Gasteiger partial charge on any atom is -0.357 e. The zero-order chi connectivity index (χ0) is 18.4. The lowest BCUT2D eigenvalue weighted by atomic mass is 10.1. The first-order valence-electron chi connectivity index (χ1n) is 7.81. The molecular weight excluding hydrogens is 348 g/mol. The first-order valence-corrected chi connectivity index (χ1v) is 10.1. The van der Waals surface area contributed by atoms with Gasteiger partial charge in [-0.3, -0.25) is 4.99 Å². The maximum absolute atomic E-state index is 11.4. The molecule has 0 fully saturated rings. The van der Waals surface area contributed by atoms with E-state index in [-0.39, 0.29) is 6.04 Å². The molecule has 1 unspecified atom stereocenters. The largest absolute Gasteiger partial charge is 0.357 e. The minimum atomic E-state index is -3.29. The second-order valence-corrected chi connectivity index (χ2v) is 8.56. The van der Waals surface area contributed by atoms with E-state index in [0.717, 1.165) is 11.8 Å².